The van der Waals surface area contributed by atoms with Crippen molar-refractivity contribution in [2.45, 2.75) is 6.42 Å². The monoisotopic (exact) mass is 198 g/mol. The number of hydrogen-bond acceptors (Lipinski definition) is 3. The predicted molar refractivity (Wildman–Crippen MR) is 55.7 cm³/mol. The van der Waals surface area contributed by atoms with E-state index in [1.54, 1.807) is 0 Å². The lowest BCUT2D eigenvalue weighted by molar-refractivity contribution is -0.514. The molecule has 1 fully saturated rings. The Morgan fingerprint density at radius 1 is 1.21 bits per heavy atom. The van der Waals surface area contributed by atoms with Gasteiger partial charge in [0.1, 0.15) is 0 Å². The van der Waals surface area contributed by atoms with E-state index in [2.05, 4.69) is 28.5 Å². The molecule has 2 rings (SSSR count). The van der Waals surface area contributed by atoms with Crippen LogP contribution < -0.4 is 0 Å². The lowest BCUT2D eigenvalue weighted by Crippen LogP contribution is -2.54. The summed E-state index contributed by atoms with van der Waals surface area (Å²) in [5, 5.41) is 0. The maximum atomic E-state index is 5.37. The lowest BCUT2D eigenvalue weighted by Gasteiger charge is -2.32. The smallest absolute Gasteiger partial charge is 0.350 e. The number of guanidine groups is 1. The molecule has 0 aromatic rings. The molecule has 2 heterocycles. The van der Waals surface area contributed by atoms with Gasteiger partial charge in [0.05, 0.1) is 53.5 Å². The molecule has 4 nitrogen and oxygen atoms in total. The van der Waals surface area contributed by atoms with Crippen LogP contribution in [0, 0.1) is 0 Å². The van der Waals surface area contributed by atoms with E-state index in [0.717, 1.165) is 26.3 Å². The van der Waals surface area contributed by atoms with Crippen LogP contribution in [0.15, 0.2) is 0 Å². The van der Waals surface area contributed by atoms with Gasteiger partial charge in [-0.1, -0.05) is 0 Å². The maximum absolute atomic E-state index is 5.37. The van der Waals surface area contributed by atoms with E-state index in [1.165, 1.54) is 25.5 Å². The third-order valence-electron chi connectivity index (χ3n) is 2.96. The number of morpholine rings is 1. The van der Waals surface area contributed by atoms with Crippen LogP contribution in [0.5, 0.6) is 0 Å². The zero-order valence-corrected chi connectivity index (χ0v) is 9.20. The first-order valence-corrected chi connectivity index (χ1v) is 5.41. The van der Waals surface area contributed by atoms with E-state index in [4.69, 9.17) is 4.74 Å². The Labute approximate surface area is 85.8 Å². The van der Waals surface area contributed by atoms with Gasteiger partial charge in [0.2, 0.25) is 0 Å². The SMILES string of the molecule is CN1CCC[N+](C)=C1N1CCOCC1. The van der Waals surface area contributed by atoms with Crippen molar-refractivity contribution < 1.29 is 9.31 Å². The summed E-state index contributed by atoms with van der Waals surface area (Å²) >= 11 is 0. The fourth-order valence-corrected chi connectivity index (χ4v) is 2.28. The van der Waals surface area contributed by atoms with Crippen molar-refractivity contribution in [1.82, 2.24) is 9.80 Å². The summed E-state index contributed by atoms with van der Waals surface area (Å²) in [7, 11) is 4.36. The molecule has 0 atom stereocenters. The van der Waals surface area contributed by atoms with Crippen LogP contribution in [0.2, 0.25) is 0 Å². The largest absolute Gasteiger partial charge is 0.375 e. The molecule has 0 spiro atoms. The Kier molecular flexibility index (Phi) is 2.91. The van der Waals surface area contributed by atoms with E-state index >= 15 is 0 Å². The van der Waals surface area contributed by atoms with E-state index in [9.17, 15) is 0 Å². The minimum absolute atomic E-state index is 0.866. The topological polar surface area (TPSA) is 18.7 Å². The highest BCUT2D eigenvalue weighted by molar-refractivity contribution is 5.75. The van der Waals surface area contributed by atoms with Gasteiger partial charge >= 0.3 is 5.96 Å². The molecule has 0 N–H and O–H groups in total. The molecule has 4 heteroatoms. The first kappa shape index (κ1) is 9.77. The predicted octanol–water partition coefficient (Wildman–Crippen LogP) is -0.348. The van der Waals surface area contributed by atoms with Gasteiger partial charge in [0, 0.05) is 6.42 Å². The molecule has 0 unspecified atom stereocenters. The van der Waals surface area contributed by atoms with Crippen molar-refractivity contribution in [3.8, 4) is 0 Å². The average molecular weight is 198 g/mol. The molecule has 0 amide bonds. The Hall–Kier alpha value is -0.770. The van der Waals surface area contributed by atoms with Gasteiger partial charge in [-0.25, -0.2) is 0 Å². The molecular formula is C10H20N3O+. The van der Waals surface area contributed by atoms with Crippen LogP contribution in [0.25, 0.3) is 0 Å². The Morgan fingerprint density at radius 2 is 1.93 bits per heavy atom. The Balaban J connectivity index is 2.12. The van der Waals surface area contributed by atoms with E-state index < -0.39 is 0 Å². The molecule has 80 valence electrons. The minimum atomic E-state index is 0.866. The molecule has 0 saturated carbocycles. The van der Waals surface area contributed by atoms with Crippen molar-refractivity contribution in [3.05, 3.63) is 0 Å². The Bertz CT molecular complexity index is 234. The van der Waals surface area contributed by atoms with Gasteiger partial charge in [0.15, 0.2) is 0 Å². The fourth-order valence-electron chi connectivity index (χ4n) is 2.28. The van der Waals surface area contributed by atoms with Crippen molar-refractivity contribution in [2.75, 3.05) is 53.5 Å². The quantitative estimate of drug-likeness (QED) is 0.496. The number of rotatable bonds is 0. The maximum Gasteiger partial charge on any atom is 0.350 e. The second-order valence-electron chi connectivity index (χ2n) is 4.10. The second kappa shape index (κ2) is 4.17. The Morgan fingerprint density at radius 3 is 2.57 bits per heavy atom. The lowest BCUT2D eigenvalue weighted by atomic mass is 10.3. The van der Waals surface area contributed by atoms with Gasteiger partial charge in [-0.15, -0.1) is 0 Å². The zero-order valence-electron chi connectivity index (χ0n) is 9.20. The third-order valence-corrected chi connectivity index (χ3v) is 2.96. The highest BCUT2D eigenvalue weighted by Gasteiger charge is 2.29. The summed E-state index contributed by atoms with van der Waals surface area (Å²) in [5.41, 5.74) is 0. The van der Waals surface area contributed by atoms with Gasteiger partial charge in [-0.05, 0) is 0 Å². The van der Waals surface area contributed by atoms with E-state index in [1.807, 2.05) is 0 Å². The summed E-state index contributed by atoms with van der Waals surface area (Å²) < 4.78 is 7.72. The molecule has 2 aliphatic rings. The highest BCUT2D eigenvalue weighted by atomic mass is 16.5. The number of nitrogens with zero attached hydrogens (tertiary/aromatic N) is 3. The van der Waals surface area contributed by atoms with Crippen LogP contribution in [-0.4, -0.2) is 73.8 Å². The van der Waals surface area contributed by atoms with Crippen LogP contribution in [0.4, 0.5) is 0 Å². The summed E-state index contributed by atoms with van der Waals surface area (Å²) in [6, 6.07) is 0. The second-order valence-corrected chi connectivity index (χ2v) is 4.10. The molecule has 1 saturated heterocycles. The van der Waals surface area contributed by atoms with Crippen molar-refractivity contribution in [1.29, 1.82) is 0 Å². The fraction of sp³-hybridized carbons (Fsp3) is 0.900. The standard InChI is InChI=1S/C10H20N3O/c1-11-4-3-5-12(2)10(11)13-6-8-14-9-7-13/h3-9H2,1-2H3/q+1. The van der Waals surface area contributed by atoms with Gasteiger partial charge in [0.25, 0.3) is 0 Å². The summed E-state index contributed by atoms with van der Waals surface area (Å²) in [4.78, 5) is 4.79. The molecule has 2 aliphatic heterocycles. The summed E-state index contributed by atoms with van der Waals surface area (Å²) in [6.45, 7) is 6.15. The summed E-state index contributed by atoms with van der Waals surface area (Å²) in [6.07, 6.45) is 1.26. The normalized spacial score (nSPS) is 24.4. The molecule has 0 aromatic heterocycles. The van der Waals surface area contributed by atoms with Gasteiger partial charge < -0.3 is 4.74 Å². The number of hydrogen-bond donors (Lipinski definition) is 0. The van der Waals surface area contributed by atoms with Crippen molar-refractivity contribution in [3.63, 3.8) is 0 Å². The van der Waals surface area contributed by atoms with Crippen LogP contribution in [0.1, 0.15) is 6.42 Å². The minimum Gasteiger partial charge on any atom is -0.375 e. The van der Waals surface area contributed by atoms with Gasteiger partial charge in [-0.2, -0.15) is 0 Å². The molecule has 0 aromatic carbocycles. The molecule has 0 radical (unpaired) electrons. The highest BCUT2D eigenvalue weighted by Crippen LogP contribution is 2.06. The van der Waals surface area contributed by atoms with Gasteiger partial charge in [-0.3, -0.25) is 14.4 Å². The summed E-state index contributed by atoms with van der Waals surface area (Å²) in [5.74, 6) is 1.37. The van der Waals surface area contributed by atoms with Crippen LogP contribution in [0.3, 0.4) is 0 Å². The third kappa shape index (κ3) is 1.85. The molecule has 14 heavy (non-hydrogen) atoms. The first-order valence-electron chi connectivity index (χ1n) is 5.41. The molecule has 0 bridgehead atoms. The number of ether oxygens (including phenoxy) is 1. The van der Waals surface area contributed by atoms with Crippen molar-refractivity contribution >= 4 is 5.96 Å². The molecule has 0 aliphatic carbocycles. The zero-order chi connectivity index (χ0) is 9.97. The van der Waals surface area contributed by atoms with Crippen molar-refractivity contribution in [2.24, 2.45) is 0 Å². The average Bonchev–Trinajstić information content (AvgIpc) is 2.19. The first-order chi connectivity index (χ1) is 6.79. The van der Waals surface area contributed by atoms with Crippen LogP contribution >= 0.6 is 0 Å². The van der Waals surface area contributed by atoms with Crippen LogP contribution in [-0.2, 0) is 4.74 Å². The van der Waals surface area contributed by atoms with E-state index in [-0.39, 0.29) is 0 Å². The molecular weight excluding hydrogens is 178 g/mol. The van der Waals surface area contributed by atoms with E-state index in [0.29, 0.717) is 0 Å².